The highest BCUT2D eigenvalue weighted by molar-refractivity contribution is 5.83. The van der Waals surface area contributed by atoms with Gasteiger partial charge in [-0.1, -0.05) is 0 Å². The normalized spacial score (nSPS) is 13.3. The van der Waals surface area contributed by atoms with Crippen LogP contribution in [0.15, 0.2) is 0 Å². The second kappa shape index (κ2) is 7.33. The first-order valence-corrected chi connectivity index (χ1v) is 5.93. The van der Waals surface area contributed by atoms with Gasteiger partial charge in [0.2, 0.25) is 5.91 Å². The number of likely N-dealkylation sites (N-methyl/N-ethyl adjacent to an activating group) is 1. The summed E-state index contributed by atoms with van der Waals surface area (Å²) in [6, 6.07) is -0.648. The van der Waals surface area contributed by atoms with Gasteiger partial charge in [-0.25, -0.2) is 4.79 Å². The van der Waals surface area contributed by atoms with Crippen LogP contribution in [0.2, 0.25) is 0 Å². The van der Waals surface area contributed by atoms with Crippen LogP contribution < -0.4 is 10.6 Å². The molecule has 1 unspecified atom stereocenters. The standard InChI is InChI=1S/C12H25N3O3/c1-9(16)14-10(11(17)18-6)7-13-8-12(2,3)15(4)5/h10,13H,7-8H2,1-6H3,(H,14,16). The van der Waals surface area contributed by atoms with Gasteiger partial charge in [-0.2, -0.15) is 0 Å². The summed E-state index contributed by atoms with van der Waals surface area (Å²) in [4.78, 5) is 24.5. The number of hydrogen-bond acceptors (Lipinski definition) is 5. The van der Waals surface area contributed by atoms with Crippen LogP contribution >= 0.6 is 0 Å². The van der Waals surface area contributed by atoms with Crippen molar-refractivity contribution in [3.8, 4) is 0 Å². The molecule has 1 atom stereocenters. The van der Waals surface area contributed by atoms with Crippen LogP contribution in [0.25, 0.3) is 0 Å². The smallest absolute Gasteiger partial charge is 0.329 e. The van der Waals surface area contributed by atoms with Crippen LogP contribution in [0, 0.1) is 0 Å². The molecule has 0 heterocycles. The minimum atomic E-state index is -0.648. The van der Waals surface area contributed by atoms with Crippen LogP contribution in [-0.4, -0.2) is 62.7 Å². The topological polar surface area (TPSA) is 70.7 Å². The first kappa shape index (κ1) is 16.9. The Kier molecular flexibility index (Phi) is 6.86. The fourth-order valence-corrected chi connectivity index (χ4v) is 1.26. The summed E-state index contributed by atoms with van der Waals surface area (Å²) in [5, 5.41) is 5.73. The van der Waals surface area contributed by atoms with Crippen LogP contribution in [0.1, 0.15) is 20.8 Å². The second-order valence-electron chi connectivity index (χ2n) is 5.11. The maximum Gasteiger partial charge on any atom is 0.329 e. The number of ether oxygens (including phenoxy) is 1. The number of rotatable bonds is 7. The fraction of sp³-hybridized carbons (Fsp3) is 0.833. The molecule has 0 saturated heterocycles. The van der Waals surface area contributed by atoms with Crippen molar-refractivity contribution < 1.29 is 14.3 Å². The van der Waals surface area contributed by atoms with Gasteiger partial charge in [0.15, 0.2) is 0 Å². The van der Waals surface area contributed by atoms with Gasteiger partial charge in [0, 0.05) is 25.6 Å². The van der Waals surface area contributed by atoms with Gasteiger partial charge in [-0.3, -0.25) is 4.79 Å². The molecule has 0 rings (SSSR count). The lowest BCUT2D eigenvalue weighted by Gasteiger charge is -2.33. The van der Waals surface area contributed by atoms with Crippen molar-refractivity contribution in [3.05, 3.63) is 0 Å². The summed E-state index contributed by atoms with van der Waals surface area (Å²) >= 11 is 0. The minimum absolute atomic E-state index is 0.0309. The minimum Gasteiger partial charge on any atom is -0.467 e. The van der Waals surface area contributed by atoms with Gasteiger partial charge in [0.25, 0.3) is 0 Å². The van der Waals surface area contributed by atoms with Gasteiger partial charge in [-0.15, -0.1) is 0 Å². The Hall–Kier alpha value is -1.14. The Morgan fingerprint density at radius 3 is 2.28 bits per heavy atom. The lowest BCUT2D eigenvalue weighted by molar-refractivity contribution is -0.144. The van der Waals surface area contributed by atoms with Crippen LogP contribution in [0.5, 0.6) is 0 Å². The quantitative estimate of drug-likeness (QED) is 0.609. The largest absolute Gasteiger partial charge is 0.467 e. The van der Waals surface area contributed by atoms with E-state index in [1.54, 1.807) is 0 Å². The monoisotopic (exact) mass is 259 g/mol. The third kappa shape index (κ3) is 5.97. The first-order valence-electron chi connectivity index (χ1n) is 5.93. The molecule has 0 spiro atoms. The summed E-state index contributed by atoms with van der Waals surface area (Å²) in [5.41, 5.74) is -0.0309. The SMILES string of the molecule is COC(=O)C(CNCC(C)(C)N(C)C)NC(C)=O. The molecule has 0 fully saturated rings. The molecule has 0 radical (unpaired) electrons. The molecule has 0 aromatic rings. The number of methoxy groups -OCH3 is 1. The van der Waals surface area contributed by atoms with E-state index in [-0.39, 0.29) is 11.4 Å². The lowest BCUT2D eigenvalue weighted by atomic mass is 10.0. The second-order valence-corrected chi connectivity index (χ2v) is 5.11. The highest BCUT2D eigenvalue weighted by atomic mass is 16.5. The van der Waals surface area contributed by atoms with E-state index in [4.69, 9.17) is 0 Å². The Morgan fingerprint density at radius 1 is 1.33 bits per heavy atom. The van der Waals surface area contributed by atoms with Crippen molar-refractivity contribution in [1.82, 2.24) is 15.5 Å². The Bertz CT molecular complexity index is 290. The van der Waals surface area contributed by atoms with Gasteiger partial charge in [0.1, 0.15) is 6.04 Å². The number of nitrogens with zero attached hydrogens (tertiary/aromatic N) is 1. The third-order valence-electron chi connectivity index (χ3n) is 2.98. The Balaban J connectivity index is 4.28. The van der Waals surface area contributed by atoms with Crippen molar-refractivity contribution in [2.75, 3.05) is 34.3 Å². The van der Waals surface area contributed by atoms with Gasteiger partial charge in [0.05, 0.1) is 7.11 Å². The van der Waals surface area contributed by atoms with E-state index in [1.165, 1.54) is 14.0 Å². The molecule has 0 saturated carbocycles. The average molecular weight is 259 g/mol. The number of nitrogens with one attached hydrogen (secondary N) is 2. The Labute approximate surface area is 109 Å². The highest BCUT2D eigenvalue weighted by Gasteiger charge is 2.23. The van der Waals surface area contributed by atoms with Gasteiger partial charge >= 0.3 is 5.97 Å². The van der Waals surface area contributed by atoms with E-state index >= 15 is 0 Å². The lowest BCUT2D eigenvalue weighted by Crippen LogP contribution is -2.52. The van der Waals surface area contributed by atoms with E-state index in [0.717, 1.165) is 0 Å². The van der Waals surface area contributed by atoms with Crippen molar-refractivity contribution in [2.45, 2.75) is 32.4 Å². The maximum atomic E-state index is 11.4. The van der Waals surface area contributed by atoms with Gasteiger partial charge in [-0.05, 0) is 27.9 Å². The molecule has 18 heavy (non-hydrogen) atoms. The molecular weight excluding hydrogens is 234 g/mol. The molecule has 6 heteroatoms. The summed E-state index contributed by atoms with van der Waals surface area (Å²) in [6.45, 7) is 6.60. The molecule has 0 aromatic carbocycles. The van der Waals surface area contributed by atoms with Crippen LogP contribution in [0.3, 0.4) is 0 Å². The van der Waals surface area contributed by atoms with Crippen molar-refractivity contribution in [2.24, 2.45) is 0 Å². The summed E-state index contributed by atoms with van der Waals surface area (Å²) in [7, 11) is 5.29. The first-order chi connectivity index (χ1) is 8.20. The van der Waals surface area contributed by atoms with E-state index in [2.05, 4.69) is 34.1 Å². The molecule has 0 aliphatic carbocycles. The number of hydrogen-bond donors (Lipinski definition) is 2. The summed E-state index contributed by atoms with van der Waals surface area (Å²) in [6.07, 6.45) is 0. The molecule has 2 N–H and O–H groups in total. The molecule has 0 aromatic heterocycles. The highest BCUT2D eigenvalue weighted by Crippen LogP contribution is 2.07. The van der Waals surface area contributed by atoms with Crippen molar-refractivity contribution >= 4 is 11.9 Å². The van der Waals surface area contributed by atoms with Crippen molar-refractivity contribution in [1.29, 1.82) is 0 Å². The molecule has 0 aliphatic heterocycles. The molecule has 0 bridgehead atoms. The zero-order chi connectivity index (χ0) is 14.3. The van der Waals surface area contributed by atoms with Crippen LogP contribution in [0.4, 0.5) is 0 Å². The number of carbonyl (C=O) groups is 2. The zero-order valence-electron chi connectivity index (χ0n) is 12.2. The van der Waals surface area contributed by atoms with E-state index in [9.17, 15) is 9.59 Å². The number of esters is 1. The average Bonchev–Trinajstić information content (AvgIpc) is 2.25. The summed E-state index contributed by atoms with van der Waals surface area (Å²) < 4.78 is 4.64. The predicted octanol–water partition coefficient (Wildman–Crippen LogP) is -0.406. The molecular formula is C12H25N3O3. The molecule has 106 valence electrons. The summed E-state index contributed by atoms with van der Waals surface area (Å²) in [5.74, 6) is -0.695. The third-order valence-corrected chi connectivity index (χ3v) is 2.98. The maximum absolute atomic E-state index is 11.4. The van der Waals surface area contributed by atoms with E-state index in [0.29, 0.717) is 13.1 Å². The number of carbonyl (C=O) groups excluding carboxylic acids is 2. The number of amides is 1. The zero-order valence-corrected chi connectivity index (χ0v) is 12.2. The fourth-order valence-electron chi connectivity index (χ4n) is 1.26. The molecule has 1 amide bonds. The van der Waals surface area contributed by atoms with E-state index in [1.807, 2.05) is 14.1 Å². The predicted molar refractivity (Wildman–Crippen MR) is 70.3 cm³/mol. The van der Waals surface area contributed by atoms with Gasteiger partial charge < -0.3 is 20.3 Å². The van der Waals surface area contributed by atoms with Crippen molar-refractivity contribution in [3.63, 3.8) is 0 Å². The molecule has 0 aliphatic rings. The van der Waals surface area contributed by atoms with Crippen LogP contribution in [-0.2, 0) is 14.3 Å². The Morgan fingerprint density at radius 2 is 1.89 bits per heavy atom. The van der Waals surface area contributed by atoms with E-state index < -0.39 is 12.0 Å². The molecule has 6 nitrogen and oxygen atoms in total.